The number of fused-ring (bicyclic) bond motifs is 1. The van der Waals surface area contributed by atoms with Crippen LogP contribution in [0.1, 0.15) is 5.56 Å². The summed E-state index contributed by atoms with van der Waals surface area (Å²) in [4.78, 5) is 5.03. The van der Waals surface area contributed by atoms with Crippen LogP contribution in [0.5, 0.6) is 0 Å². The highest BCUT2D eigenvalue weighted by molar-refractivity contribution is 9.10. The summed E-state index contributed by atoms with van der Waals surface area (Å²) in [5.41, 5.74) is 1.07. The smallest absolute Gasteiger partial charge is 0.0705 e. The van der Waals surface area contributed by atoms with Crippen LogP contribution in [0, 0.1) is 6.92 Å². The Labute approximate surface area is 116 Å². The zero-order valence-corrected chi connectivity index (χ0v) is 12.0. The summed E-state index contributed by atoms with van der Waals surface area (Å²) < 4.78 is 5.52. The standard InChI is InChI=1S/C11H9BrClNO2S/c1-6-2-7-4-10(13)9(12)3-8(7)5-11(6)17-16-15-14/h2-5H,14H2,1H3. The van der Waals surface area contributed by atoms with Crippen LogP contribution >= 0.6 is 39.6 Å². The first kappa shape index (κ1) is 13.1. The molecule has 2 rings (SSSR count). The molecular weight excluding hydrogens is 326 g/mol. The van der Waals surface area contributed by atoms with Crippen molar-refractivity contribution in [2.45, 2.75) is 11.8 Å². The van der Waals surface area contributed by atoms with Crippen molar-refractivity contribution in [3.05, 3.63) is 39.3 Å². The van der Waals surface area contributed by atoms with Gasteiger partial charge in [-0.1, -0.05) is 17.7 Å². The van der Waals surface area contributed by atoms with Gasteiger partial charge in [0.2, 0.25) is 0 Å². The molecule has 6 heteroatoms. The van der Waals surface area contributed by atoms with Gasteiger partial charge in [0.05, 0.1) is 17.1 Å². The van der Waals surface area contributed by atoms with E-state index in [9.17, 15) is 0 Å². The van der Waals surface area contributed by atoms with Gasteiger partial charge in [0.15, 0.2) is 0 Å². The molecule has 17 heavy (non-hydrogen) atoms. The number of hydrogen-bond acceptors (Lipinski definition) is 4. The third kappa shape index (κ3) is 2.93. The number of aryl methyl sites for hydroxylation is 1. The largest absolute Gasteiger partial charge is 0.182 e. The minimum Gasteiger partial charge on any atom is -0.182 e. The van der Waals surface area contributed by atoms with Crippen molar-refractivity contribution in [3.63, 3.8) is 0 Å². The monoisotopic (exact) mass is 333 g/mol. The molecule has 0 unspecified atom stereocenters. The van der Waals surface area contributed by atoms with Gasteiger partial charge in [0.25, 0.3) is 0 Å². The quantitative estimate of drug-likeness (QED) is 0.513. The molecule has 0 aliphatic heterocycles. The first-order valence-corrected chi connectivity index (χ1v) is 6.62. The second kappa shape index (κ2) is 5.56. The van der Waals surface area contributed by atoms with Gasteiger partial charge in [-0.3, -0.25) is 0 Å². The van der Waals surface area contributed by atoms with Crippen molar-refractivity contribution in [1.29, 1.82) is 0 Å². The number of benzene rings is 2. The van der Waals surface area contributed by atoms with Gasteiger partial charge in [-0.15, -0.1) is 9.32 Å². The maximum atomic E-state index is 6.05. The molecule has 2 aromatic carbocycles. The Kier molecular flexibility index (Phi) is 4.30. The van der Waals surface area contributed by atoms with E-state index < -0.39 is 0 Å². The Balaban J connectivity index is 2.51. The zero-order valence-electron chi connectivity index (χ0n) is 8.87. The van der Waals surface area contributed by atoms with Crippen molar-refractivity contribution in [2.75, 3.05) is 0 Å². The second-order valence-electron chi connectivity index (χ2n) is 3.48. The third-order valence-electron chi connectivity index (χ3n) is 2.34. The predicted octanol–water partition coefficient (Wildman–Crippen LogP) is 4.39. The van der Waals surface area contributed by atoms with Gasteiger partial charge >= 0.3 is 0 Å². The molecule has 0 radical (unpaired) electrons. The topological polar surface area (TPSA) is 44.5 Å². The first-order chi connectivity index (χ1) is 8.11. The Morgan fingerprint density at radius 2 is 1.94 bits per heavy atom. The summed E-state index contributed by atoms with van der Waals surface area (Å²) in [6.45, 7) is 1.98. The van der Waals surface area contributed by atoms with Crippen LogP contribution < -0.4 is 5.90 Å². The molecule has 0 atom stereocenters. The van der Waals surface area contributed by atoms with Gasteiger partial charge in [-0.05, 0) is 57.4 Å². The fourth-order valence-corrected chi connectivity index (χ4v) is 2.54. The second-order valence-corrected chi connectivity index (χ2v) is 5.48. The highest BCUT2D eigenvalue weighted by atomic mass is 79.9. The van der Waals surface area contributed by atoms with E-state index in [0.29, 0.717) is 5.02 Å². The molecule has 0 heterocycles. The van der Waals surface area contributed by atoms with E-state index in [1.807, 2.05) is 31.2 Å². The number of halogens is 2. The van der Waals surface area contributed by atoms with Crippen LogP contribution in [-0.4, -0.2) is 0 Å². The van der Waals surface area contributed by atoms with E-state index in [1.165, 1.54) is 0 Å². The third-order valence-corrected chi connectivity index (χ3v) is 4.30. The Morgan fingerprint density at radius 3 is 2.65 bits per heavy atom. The predicted molar refractivity (Wildman–Crippen MR) is 73.6 cm³/mol. The normalized spacial score (nSPS) is 11.1. The summed E-state index contributed by atoms with van der Waals surface area (Å²) in [7, 11) is 0. The fourth-order valence-electron chi connectivity index (χ4n) is 1.53. The lowest BCUT2D eigenvalue weighted by atomic mass is 10.1. The molecule has 90 valence electrons. The maximum absolute atomic E-state index is 6.05. The van der Waals surface area contributed by atoms with E-state index in [1.54, 1.807) is 0 Å². The Morgan fingerprint density at radius 1 is 1.24 bits per heavy atom. The van der Waals surface area contributed by atoms with E-state index in [4.69, 9.17) is 17.5 Å². The van der Waals surface area contributed by atoms with Crippen LogP contribution in [0.25, 0.3) is 10.8 Å². The zero-order chi connectivity index (χ0) is 12.4. The molecule has 0 aliphatic rings. The van der Waals surface area contributed by atoms with E-state index in [0.717, 1.165) is 37.7 Å². The minimum atomic E-state index is 0.693. The summed E-state index contributed by atoms with van der Waals surface area (Å²) in [5.74, 6) is 4.82. The lowest BCUT2D eigenvalue weighted by Gasteiger charge is -2.07. The molecule has 0 amide bonds. The number of hydrogen-bond donors (Lipinski definition) is 1. The SMILES string of the molecule is Cc1cc2cc(Cl)c(Br)cc2cc1SOON. The van der Waals surface area contributed by atoms with Crippen LogP contribution in [0.2, 0.25) is 5.02 Å². The average molecular weight is 335 g/mol. The summed E-state index contributed by atoms with van der Waals surface area (Å²) >= 11 is 10.5. The molecule has 0 fully saturated rings. The summed E-state index contributed by atoms with van der Waals surface area (Å²) in [5, 5.41) is 2.84. The number of nitrogens with two attached hydrogens (primary N) is 1. The Bertz CT molecular complexity index is 565. The van der Waals surface area contributed by atoms with Gasteiger partial charge in [0.1, 0.15) is 0 Å². The fraction of sp³-hybridized carbons (Fsp3) is 0.0909. The average Bonchev–Trinajstić information content (AvgIpc) is 2.29. The van der Waals surface area contributed by atoms with Crippen LogP contribution in [-0.2, 0) is 9.32 Å². The molecule has 0 saturated heterocycles. The highest BCUT2D eigenvalue weighted by Crippen LogP contribution is 2.33. The van der Waals surface area contributed by atoms with Crippen molar-refractivity contribution in [3.8, 4) is 0 Å². The number of rotatable bonds is 3. The van der Waals surface area contributed by atoms with Crippen LogP contribution in [0.15, 0.2) is 33.6 Å². The molecule has 0 aliphatic carbocycles. The Hall–Kier alpha value is -0.300. The molecule has 0 aromatic heterocycles. The molecule has 3 nitrogen and oxygen atoms in total. The van der Waals surface area contributed by atoms with Crippen molar-refractivity contribution in [2.24, 2.45) is 5.90 Å². The molecular formula is C11H9BrClNO2S. The van der Waals surface area contributed by atoms with Gasteiger partial charge in [-0.2, -0.15) is 5.90 Å². The lowest BCUT2D eigenvalue weighted by molar-refractivity contribution is -0.195. The first-order valence-electron chi connectivity index (χ1n) is 4.71. The summed E-state index contributed by atoms with van der Waals surface area (Å²) in [6.07, 6.45) is 0. The van der Waals surface area contributed by atoms with Crippen LogP contribution in [0.3, 0.4) is 0 Å². The maximum Gasteiger partial charge on any atom is 0.0705 e. The van der Waals surface area contributed by atoms with Gasteiger partial charge < -0.3 is 0 Å². The molecule has 0 spiro atoms. The van der Waals surface area contributed by atoms with Gasteiger partial charge in [-0.25, -0.2) is 0 Å². The molecule has 0 bridgehead atoms. The molecule has 2 N–H and O–H groups in total. The van der Waals surface area contributed by atoms with Crippen LogP contribution in [0.4, 0.5) is 0 Å². The van der Waals surface area contributed by atoms with Crippen molar-refractivity contribution < 1.29 is 9.32 Å². The highest BCUT2D eigenvalue weighted by Gasteiger charge is 2.06. The molecule has 2 aromatic rings. The van der Waals surface area contributed by atoms with Crippen molar-refractivity contribution >= 4 is 50.3 Å². The minimum absolute atomic E-state index is 0.693. The molecule has 0 saturated carbocycles. The van der Waals surface area contributed by atoms with Crippen molar-refractivity contribution in [1.82, 2.24) is 0 Å². The van der Waals surface area contributed by atoms with Gasteiger partial charge in [0, 0.05) is 9.37 Å². The summed E-state index contributed by atoms with van der Waals surface area (Å²) in [6, 6.07) is 7.92. The lowest BCUT2D eigenvalue weighted by Crippen LogP contribution is -1.94. The van der Waals surface area contributed by atoms with E-state index >= 15 is 0 Å². The van der Waals surface area contributed by atoms with E-state index in [2.05, 4.69) is 25.3 Å². The van der Waals surface area contributed by atoms with E-state index in [-0.39, 0.29) is 0 Å².